The third kappa shape index (κ3) is 2.53. The van der Waals surface area contributed by atoms with Crippen molar-refractivity contribution < 1.29 is 0 Å². The molecule has 1 heterocycles. The van der Waals surface area contributed by atoms with E-state index in [0.29, 0.717) is 0 Å². The number of benzene rings is 5. The van der Waals surface area contributed by atoms with Crippen LogP contribution in [0.2, 0.25) is 0 Å². The highest BCUT2D eigenvalue weighted by Gasteiger charge is 2.18. The second kappa shape index (κ2) is 6.82. The Morgan fingerprint density at radius 2 is 0.900 bits per heavy atom. The van der Waals surface area contributed by atoms with E-state index in [0.717, 1.165) is 5.69 Å². The highest BCUT2D eigenvalue weighted by Crippen LogP contribution is 2.44. The minimum Gasteiger partial charge on any atom is -0.256 e. The van der Waals surface area contributed by atoms with Crippen LogP contribution < -0.4 is 0 Å². The summed E-state index contributed by atoms with van der Waals surface area (Å²) >= 11 is 0. The van der Waals surface area contributed by atoms with Gasteiger partial charge in [0.25, 0.3) is 0 Å². The van der Waals surface area contributed by atoms with E-state index >= 15 is 0 Å². The molecular formula is C29H19N. The standard InChI is InChI=1S/C29H19N/c1-2-11-21(12-3-1)27-23-14-6-8-16-25(23)28(26-17-9-7-15-24(26)27)29-22-13-5-4-10-20(22)18-19-30-29/h1-19H. The van der Waals surface area contributed by atoms with Crippen LogP contribution in [-0.4, -0.2) is 4.98 Å². The Kier molecular flexibility index (Phi) is 3.85. The van der Waals surface area contributed by atoms with Crippen LogP contribution in [0.5, 0.6) is 0 Å². The smallest absolute Gasteiger partial charge is 0.0792 e. The first-order valence-corrected chi connectivity index (χ1v) is 10.2. The molecule has 0 aliphatic carbocycles. The van der Waals surface area contributed by atoms with Crippen LogP contribution in [0.1, 0.15) is 0 Å². The number of aromatic nitrogens is 1. The Balaban J connectivity index is 1.85. The maximum absolute atomic E-state index is 4.88. The van der Waals surface area contributed by atoms with Crippen molar-refractivity contribution in [1.82, 2.24) is 4.98 Å². The highest BCUT2D eigenvalue weighted by atomic mass is 14.7. The van der Waals surface area contributed by atoms with Crippen LogP contribution in [-0.2, 0) is 0 Å². The maximum Gasteiger partial charge on any atom is 0.0792 e. The van der Waals surface area contributed by atoms with E-state index in [1.807, 2.05) is 6.20 Å². The fourth-order valence-electron chi connectivity index (χ4n) is 4.62. The fourth-order valence-corrected chi connectivity index (χ4v) is 4.62. The van der Waals surface area contributed by atoms with Gasteiger partial charge in [0, 0.05) is 17.1 Å². The fraction of sp³-hybridized carbons (Fsp3) is 0. The van der Waals surface area contributed by atoms with Crippen molar-refractivity contribution in [2.75, 3.05) is 0 Å². The molecule has 140 valence electrons. The summed E-state index contributed by atoms with van der Waals surface area (Å²) in [5.41, 5.74) is 4.77. The summed E-state index contributed by atoms with van der Waals surface area (Å²) in [5.74, 6) is 0. The quantitative estimate of drug-likeness (QED) is 0.278. The van der Waals surface area contributed by atoms with Gasteiger partial charge in [-0.15, -0.1) is 0 Å². The van der Waals surface area contributed by atoms with Crippen molar-refractivity contribution in [3.05, 3.63) is 115 Å². The molecule has 0 N–H and O–H groups in total. The first-order valence-electron chi connectivity index (χ1n) is 10.2. The Morgan fingerprint density at radius 1 is 0.400 bits per heavy atom. The van der Waals surface area contributed by atoms with Crippen molar-refractivity contribution in [2.24, 2.45) is 0 Å². The lowest BCUT2D eigenvalue weighted by Gasteiger charge is -2.18. The number of rotatable bonds is 2. The predicted octanol–water partition coefficient (Wildman–Crippen LogP) is 7.88. The molecule has 0 aliphatic rings. The molecule has 1 aromatic heterocycles. The second-order valence-electron chi connectivity index (χ2n) is 7.59. The van der Waals surface area contributed by atoms with Gasteiger partial charge in [0.1, 0.15) is 0 Å². The minimum absolute atomic E-state index is 1.04. The van der Waals surface area contributed by atoms with Gasteiger partial charge >= 0.3 is 0 Å². The summed E-state index contributed by atoms with van der Waals surface area (Å²) in [7, 11) is 0. The van der Waals surface area contributed by atoms with Crippen LogP contribution in [0, 0.1) is 0 Å². The third-order valence-electron chi connectivity index (χ3n) is 5.90. The first kappa shape index (κ1) is 16.9. The molecule has 1 heteroatoms. The van der Waals surface area contributed by atoms with Gasteiger partial charge < -0.3 is 0 Å². The van der Waals surface area contributed by atoms with Gasteiger partial charge in [0.05, 0.1) is 5.69 Å². The highest BCUT2D eigenvalue weighted by molar-refractivity contribution is 6.22. The molecule has 5 aromatic carbocycles. The normalized spacial score (nSPS) is 11.3. The molecular weight excluding hydrogens is 362 g/mol. The van der Waals surface area contributed by atoms with E-state index in [-0.39, 0.29) is 0 Å². The number of pyridine rings is 1. The first-order chi connectivity index (χ1) is 14.9. The number of hydrogen-bond donors (Lipinski definition) is 0. The van der Waals surface area contributed by atoms with Crippen LogP contribution in [0.4, 0.5) is 0 Å². The summed E-state index contributed by atoms with van der Waals surface area (Å²) < 4.78 is 0. The van der Waals surface area contributed by atoms with Gasteiger partial charge in [0.15, 0.2) is 0 Å². The van der Waals surface area contributed by atoms with Gasteiger partial charge in [-0.1, -0.05) is 103 Å². The SMILES string of the molecule is c1ccc(-c2c3ccccc3c(-c3nccc4ccccc34)c3ccccc23)cc1. The molecule has 0 radical (unpaired) electrons. The molecule has 0 saturated carbocycles. The third-order valence-corrected chi connectivity index (χ3v) is 5.90. The van der Waals surface area contributed by atoms with Gasteiger partial charge in [-0.3, -0.25) is 4.98 Å². The minimum atomic E-state index is 1.04. The van der Waals surface area contributed by atoms with Gasteiger partial charge in [0.2, 0.25) is 0 Å². The van der Waals surface area contributed by atoms with E-state index in [4.69, 9.17) is 4.98 Å². The van der Waals surface area contributed by atoms with E-state index in [1.165, 1.54) is 49.0 Å². The molecule has 6 rings (SSSR count). The van der Waals surface area contributed by atoms with E-state index < -0.39 is 0 Å². The van der Waals surface area contributed by atoms with E-state index in [1.54, 1.807) is 0 Å². The van der Waals surface area contributed by atoms with Gasteiger partial charge in [-0.2, -0.15) is 0 Å². The molecule has 0 amide bonds. The molecule has 0 unspecified atom stereocenters. The number of nitrogens with zero attached hydrogens (tertiary/aromatic N) is 1. The zero-order valence-corrected chi connectivity index (χ0v) is 16.4. The van der Waals surface area contributed by atoms with Crippen LogP contribution in [0.3, 0.4) is 0 Å². The summed E-state index contributed by atoms with van der Waals surface area (Å²) in [4.78, 5) is 4.88. The molecule has 1 nitrogen and oxygen atoms in total. The average Bonchev–Trinajstić information content (AvgIpc) is 2.83. The van der Waals surface area contributed by atoms with Gasteiger partial charge in [-0.05, 0) is 44.1 Å². The Bertz CT molecular complexity index is 1470. The van der Waals surface area contributed by atoms with Crippen molar-refractivity contribution in [2.45, 2.75) is 0 Å². The zero-order valence-electron chi connectivity index (χ0n) is 16.4. The summed E-state index contributed by atoms with van der Waals surface area (Å²) in [6.07, 6.45) is 1.92. The largest absolute Gasteiger partial charge is 0.256 e. The summed E-state index contributed by atoms with van der Waals surface area (Å²) in [5, 5.41) is 7.38. The topological polar surface area (TPSA) is 12.9 Å². The Hall–Kier alpha value is -3.97. The van der Waals surface area contributed by atoms with Crippen molar-refractivity contribution in [3.8, 4) is 22.4 Å². The van der Waals surface area contributed by atoms with Gasteiger partial charge in [-0.25, -0.2) is 0 Å². The molecule has 0 bridgehead atoms. The van der Waals surface area contributed by atoms with Crippen LogP contribution in [0.15, 0.2) is 115 Å². The summed E-state index contributed by atoms with van der Waals surface area (Å²) in [6, 6.07) is 38.7. The lowest BCUT2D eigenvalue weighted by Crippen LogP contribution is -1.93. The van der Waals surface area contributed by atoms with Crippen molar-refractivity contribution in [1.29, 1.82) is 0 Å². The number of hydrogen-bond acceptors (Lipinski definition) is 1. The maximum atomic E-state index is 4.88. The lowest BCUT2D eigenvalue weighted by molar-refractivity contribution is 1.37. The monoisotopic (exact) mass is 381 g/mol. The Morgan fingerprint density at radius 3 is 1.53 bits per heavy atom. The zero-order chi connectivity index (χ0) is 19.9. The van der Waals surface area contributed by atoms with Crippen LogP contribution >= 0.6 is 0 Å². The van der Waals surface area contributed by atoms with Crippen LogP contribution in [0.25, 0.3) is 54.7 Å². The molecule has 0 fully saturated rings. The molecule has 0 spiro atoms. The Labute approximate surface area is 175 Å². The van der Waals surface area contributed by atoms with E-state index in [2.05, 4.69) is 109 Å². The lowest BCUT2D eigenvalue weighted by atomic mass is 9.86. The van der Waals surface area contributed by atoms with Crippen molar-refractivity contribution >= 4 is 32.3 Å². The summed E-state index contributed by atoms with van der Waals surface area (Å²) in [6.45, 7) is 0. The van der Waals surface area contributed by atoms with E-state index in [9.17, 15) is 0 Å². The number of fused-ring (bicyclic) bond motifs is 3. The molecule has 0 atom stereocenters. The molecule has 6 aromatic rings. The predicted molar refractivity (Wildman–Crippen MR) is 128 cm³/mol. The molecule has 0 saturated heterocycles. The second-order valence-corrected chi connectivity index (χ2v) is 7.59. The average molecular weight is 381 g/mol. The molecule has 0 aliphatic heterocycles. The van der Waals surface area contributed by atoms with Crippen molar-refractivity contribution in [3.63, 3.8) is 0 Å². The molecule has 30 heavy (non-hydrogen) atoms.